The molecular weight excluding hydrogens is 271 g/mol. The molecule has 0 amide bonds. The third kappa shape index (κ3) is 4.49. The average Bonchev–Trinajstić information content (AvgIpc) is 2.52. The summed E-state index contributed by atoms with van der Waals surface area (Å²) in [6, 6.07) is 13.7. The molecule has 0 radical (unpaired) electrons. The summed E-state index contributed by atoms with van der Waals surface area (Å²) in [6.07, 6.45) is 3.54. The normalized spacial score (nSPS) is 10.0. The Morgan fingerprint density at radius 2 is 1.73 bits per heavy atom. The van der Waals surface area contributed by atoms with Crippen LogP contribution in [0.5, 0.6) is 0 Å². The van der Waals surface area contributed by atoms with Crippen LogP contribution in [0.25, 0.3) is 0 Å². The van der Waals surface area contributed by atoms with Crippen LogP contribution in [0.3, 0.4) is 0 Å². The summed E-state index contributed by atoms with van der Waals surface area (Å²) in [4.78, 5) is 0. The molecule has 0 aliphatic heterocycles. The van der Waals surface area contributed by atoms with Crippen LogP contribution in [0.4, 0.5) is 0 Å². The van der Waals surface area contributed by atoms with Gasteiger partial charge in [0.1, 0.15) is 0 Å². The molecule has 0 spiro atoms. The monoisotopic (exact) mass is 292 g/mol. The number of benzene rings is 2. The fourth-order valence-electron chi connectivity index (χ4n) is 2.26. The van der Waals surface area contributed by atoms with Crippen molar-refractivity contribution in [3.63, 3.8) is 0 Å². The van der Waals surface area contributed by atoms with E-state index in [1.807, 2.05) is 13.0 Å². The summed E-state index contributed by atoms with van der Waals surface area (Å²) < 4.78 is 0. The predicted molar refractivity (Wildman–Crippen MR) is 92.0 cm³/mol. The van der Waals surface area contributed by atoms with Crippen LogP contribution in [0.1, 0.15) is 42.0 Å². The quantitative estimate of drug-likeness (QED) is 0.671. The maximum atomic E-state index is 9.15. The van der Waals surface area contributed by atoms with Crippen LogP contribution in [0.2, 0.25) is 0 Å². The zero-order valence-corrected chi connectivity index (χ0v) is 13.1. The van der Waals surface area contributed by atoms with Crippen molar-refractivity contribution in [3.8, 4) is 11.8 Å². The molecule has 0 saturated carbocycles. The molecule has 0 unspecified atom stereocenters. The Labute approximate surface area is 133 Å². The van der Waals surface area contributed by atoms with Gasteiger partial charge in [0, 0.05) is 11.1 Å². The summed E-state index contributed by atoms with van der Waals surface area (Å²) in [7, 11) is -1.43. The van der Waals surface area contributed by atoms with Crippen molar-refractivity contribution in [2.75, 3.05) is 0 Å². The molecule has 22 heavy (non-hydrogen) atoms. The molecule has 2 nitrogen and oxygen atoms in total. The first-order valence-electron chi connectivity index (χ1n) is 7.68. The van der Waals surface area contributed by atoms with Gasteiger partial charge < -0.3 is 10.0 Å². The van der Waals surface area contributed by atoms with Crippen molar-refractivity contribution in [2.24, 2.45) is 0 Å². The van der Waals surface area contributed by atoms with Crippen molar-refractivity contribution in [3.05, 3.63) is 64.7 Å². The Morgan fingerprint density at radius 1 is 1.00 bits per heavy atom. The van der Waals surface area contributed by atoms with Crippen molar-refractivity contribution < 1.29 is 10.0 Å². The summed E-state index contributed by atoms with van der Waals surface area (Å²) >= 11 is 0. The van der Waals surface area contributed by atoms with Crippen LogP contribution < -0.4 is 5.46 Å². The first-order chi connectivity index (χ1) is 10.6. The minimum atomic E-state index is -1.43. The van der Waals surface area contributed by atoms with Crippen molar-refractivity contribution >= 4 is 12.6 Å². The molecule has 2 N–H and O–H groups in total. The van der Waals surface area contributed by atoms with Gasteiger partial charge in [0.15, 0.2) is 0 Å². The van der Waals surface area contributed by atoms with Crippen LogP contribution in [0.15, 0.2) is 42.5 Å². The molecule has 2 rings (SSSR count). The molecule has 0 heterocycles. The second-order valence-corrected chi connectivity index (χ2v) is 5.50. The van der Waals surface area contributed by atoms with Gasteiger partial charge in [0.05, 0.1) is 0 Å². The molecule has 0 aliphatic carbocycles. The van der Waals surface area contributed by atoms with Crippen molar-refractivity contribution in [1.29, 1.82) is 0 Å². The van der Waals surface area contributed by atoms with Gasteiger partial charge in [-0.25, -0.2) is 0 Å². The first-order valence-corrected chi connectivity index (χ1v) is 7.68. The highest BCUT2D eigenvalue weighted by molar-refractivity contribution is 6.58. The van der Waals surface area contributed by atoms with Crippen LogP contribution in [-0.2, 0) is 6.42 Å². The number of hydrogen-bond donors (Lipinski definition) is 2. The van der Waals surface area contributed by atoms with E-state index in [2.05, 4.69) is 43.0 Å². The highest BCUT2D eigenvalue weighted by Crippen LogP contribution is 2.08. The Bertz CT molecular complexity index is 679. The van der Waals surface area contributed by atoms with Crippen LogP contribution in [-0.4, -0.2) is 17.2 Å². The maximum Gasteiger partial charge on any atom is 0.488 e. The molecule has 0 aromatic heterocycles. The predicted octanol–water partition coefficient (Wildman–Crippen LogP) is 2.42. The zero-order chi connectivity index (χ0) is 15.9. The smallest absolute Gasteiger partial charge is 0.423 e. The van der Waals surface area contributed by atoms with Gasteiger partial charge in [0.2, 0.25) is 0 Å². The van der Waals surface area contributed by atoms with E-state index in [4.69, 9.17) is 10.0 Å². The lowest BCUT2D eigenvalue weighted by Crippen LogP contribution is -2.29. The Balaban J connectivity index is 2.13. The van der Waals surface area contributed by atoms with E-state index in [9.17, 15) is 0 Å². The molecule has 0 aliphatic rings. The van der Waals surface area contributed by atoms with Crippen LogP contribution >= 0.6 is 0 Å². The fourth-order valence-corrected chi connectivity index (χ4v) is 2.26. The molecule has 2 aromatic rings. The lowest BCUT2D eigenvalue weighted by molar-refractivity contribution is 0.425. The summed E-state index contributed by atoms with van der Waals surface area (Å²) in [5.41, 5.74) is 4.68. The van der Waals surface area contributed by atoms with E-state index in [0.717, 1.165) is 23.1 Å². The maximum absolute atomic E-state index is 9.15. The minimum Gasteiger partial charge on any atom is -0.423 e. The highest BCUT2D eigenvalue weighted by Gasteiger charge is 2.11. The first kappa shape index (κ1) is 16.4. The fraction of sp³-hybridized carbons (Fsp3) is 0.263. The van der Waals surface area contributed by atoms with Gasteiger partial charge in [-0.3, -0.25) is 0 Å². The molecule has 0 fully saturated rings. The number of aryl methyl sites for hydroxylation is 2. The van der Waals surface area contributed by atoms with E-state index < -0.39 is 7.12 Å². The summed E-state index contributed by atoms with van der Waals surface area (Å²) in [6.45, 7) is 4.12. The molecule has 2 aromatic carbocycles. The van der Waals surface area contributed by atoms with Crippen molar-refractivity contribution in [2.45, 2.75) is 33.1 Å². The molecular formula is C19H21BO2. The molecule has 0 bridgehead atoms. The lowest BCUT2D eigenvalue weighted by atomic mass is 9.79. The van der Waals surface area contributed by atoms with Gasteiger partial charge in [0.25, 0.3) is 0 Å². The zero-order valence-electron chi connectivity index (χ0n) is 13.1. The molecule has 0 saturated heterocycles. The minimum absolute atomic E-state index is 0.489. The van der Waals surface area contributed by atoms with E-state index in [1.165, 1.54) is 18.4 Å². The van der Waals surface area contributed by atoms with Crippen LogP contribution in [0, 0.1) is 18.8 Å². The molecule has 0 atom stereocenters. The SMILES string of the molecule is CCCCc1ccc(C#Cc2ccc(B(O)O)cc2C)cc1. The second-order valence-electron chi connectivity index (χ2n) is 5.50. The topological polar surface area (TPSA) is 40.5 Å². The number of unbranched alkanes of at least 4 members (excludes halogenated alkanes) is 1. The Hall–Kier alpha value is -2.02. The summed E-state index contributed by atoms with van der Waals surface area (Å²) in [5.74, 6) is 6.30. The molecule has 3 heteroatoms. The third-order valence-electron chi connectivity index (χ3n) is 3.66. The van der Waals surface area contributed by atoms with Gasteiger partial charge in [-0.05, 0) is 54.6 Å². The van der Waals surface area contributed by atoms with E-state index in [0.29, 0.717) is 5.46 Å². The summed E-state index contributed by atoms with van der Waals surface area (Å²) in [5, 5.41) is 18.3. The van der Waals surface area contributed by atoms with E-state index in [-0.39, 0.29) is 0 Å². The van der Waals surface area contributed by atoms with Gasteiger partial charge in [-0.1, -0.05) is 49.5 Å². The third-order valence-corrected chi connectivity index (χ3v) is 3.66. The number of hydrogen-bond acceptors (Lipinski definition) is 2. The second kappa shape index (κ2) is 7.84. The number of rotatable bonds is 4. The van der Waals surface area contributed by atoms with E-state index in [1.54, 1.807) is 12.1 Å². The highest BCUT2D eigenvalue weighted by atomic mass is 16.4. The van der Waals surface area contributed by atoms with Gasteiger partial charge in [-0.2, -0.15) is 0 Å². The van der Waals surface area contributed by atoms with E-state index >= 15 is 0 Å². The lowest BCUT2D eigenvalue weighted by Gasteiger charge is -2.03. The largest absolute Gasteiger partial charge is 0.488 e. The average molecular weight is 292 g/mol. The van der Waals surface area contributed by atoms with Gasteiger partial charge in [-0.15, -0.1) is 0 Å². The Kier molecular flexibility index (Phi) is 5.83. The van der Waals surface area contributed by atoms with Gasteiger partial charge >= 0.3 is 7.12 Å². The molecule has 112 valence electrons. The Morgan fingerprint density at radius 3 is 2.32 bits per heavy atom. The standard InChI is InChI=1S/C19H21BO2/c1-3-4-5-16-6-8-17(9-7-16)10-11-18-12-13-19(20(21)22)14-15(18)2/h6-9,12-14,21-22H,3-5H2,1-2H3. The van der Waals surface area contributed by atoms with Crippen molar-refractivity contribution in [1.82, 2.24) is 0 Å².